The van der Waals surface area contributed by atoms with Gasteiger partial charge in [0.2, 0.25) is 10.0 Å². The molecule has 1 amide bonds. The van der Waals surface area contributed by atoms with Crippen LogP contribution in [-0.4, -0.2) is 44.9 Å². The van der Waals surface area contributed by atoms with Crippen LogP contribution in [0.15, 0.2) is 47.4 Å². The predicted octanol–water partition coefficient (Wildman–Crippen LogP) is 3.51. The molecule has 0 saturated carbocycles. The van der Waals surface area contributed by atoms with E-state index in [0.717, 1.165) is 5.56 Å². The van der Waals surface area contributed by atoms with E-state index in [1.165, 1.54) is 22.5 Å². The van der Waals surface area contributed by atoms with Gasteiger partial charge in [-0.15, -0.1) is 0 Å². The molecule has 1 saturated heterocycles. The van der Waals surface area contributed by atoms with Gasteiger partial charge < -0.3 is 10.1 Å². The summed E-state index contributed by atoms with van der Waals surface area (Å²) >= 11 is 12.0. The molecular weight excluding hydrogens is 423 g/mol. The summed E-state index contributed by atoms with van der Waals surface area (Å²) in [6.45, 7) is 3.00. The van der Waals surface area contributed by atoms with Crippen molar-refractivity contribution < 1.29 is 17.9 Å². The Balaban J connectivity index is 1.82. The van der Waals surface area contributed by atoms with Crippen molar-refractivity contribution in [1.29, 1.82) is 0 Å². The fourth-order valence-electron chi connectivity index (χ4n) is 2.88. The Morgan fingerprint density at radius 2 is 1.75 bits per heavy atom. The topological polar surface area (TPSA) is 75.7 Å². The largest absolute Gasteiger partial charge is 0.379 e. The fourth-order valence-corrected chi connectivity index (χ4v) is 4.92. The Morgan fingerprint density at radius 1 is 1.11 bits per heavy atom. The van der Waals surface area contributed by atoms with Crippen LogP contribution >= 0.6 is 23.2 Å². The normalized spacial score (nSPS) is 16.5. The first-order valence-corrected chi connectivity index (χ1v) is 10.9. The molecule has 9 heteroatoms. The number of nitrogens with one attached hydrogen (secondary N) is 1. The average molecular weight is 443 g/mol. The standard InChI is InChI=1S/C19H20Cl2N2O4S/c1-13(14-2-5-16(20)6-3-14)22-19(24)15-4-7-17(21)18(12-15)28(25,26)23-8-10-27-11-9-23/h2-7,12-13H,8-11H2,1H3,(H,22,24). The lowest BCUT2D eigenvalue weighted by molar-refractivity contribution is 0.0730. The number of amides is 1. The summed E-state index contributed by atoms with van der Waals surface area (Å²) in [6.07, 6.45) is 0. The molecule has 6 nitrogen and oxygen atoms in total. The molecule has 1 unspecified atom stereocenters. The maximum atomic E-state index is 12.9. The summed E-state index contributed by atoms with van der Waals surface area (Å²) in [4.78, 5) is 12.6. The van der Waals surface area contributed by atoms with Gasteiger partial charge in [0.05, 0.1) is 24.3 Å². The summed E-state index contributed by atoms with van der Waals surface area (Å²) in [6, 6.07) is 11.1. The number of carbonyl (C=O) groups is 1. The van der Waals surface area contributed by atoms with Crippen LogP contribution in [0.25, 0.3) is 0 Å². The molecule has 0 bridgehead atoms. The van der Waals surface area contributed by atoms with Crippen molar-refractivity contribution in [3.05, 3.63) is 63.6 Å². The molecule has 0 spiro atoms. The van der Waals surface area contributed by atoms with Gasteiger partial charge in [-0.05, 0) is 42.8 Å². The molecule has 1 atom stereocenters. The summed E-state index contributed by atoms with van der Waals surface area (Å²) < 4.78 is 32.3. The third-order valence-electron chi connectivity index (χ3n) is 4.50. The number of hydrogen-bond donors (Lipinski definition) is 1. The second-order valence-corrected chi connectivity index (χ2v) is 9.16. The SMILES string of the molecule is CC(NC(=O)c1ccc(Cl)c(S(=O)(=O)N2CCOCC2)c1)c1ccc(Cl)cc1. The highest BCUT2D eigenvalue weighted by atomic mass is 35.5. The molecule has 1 fully saturated rings. The van der Waals surface area contributed by atoms with Crippen molar-refractivity contribution in [3.63, 3.8) is 0 Å². The number of ether oxygens (including phenoxy) is 1. The molecule has 28 heavy (non-hydrogen) atoms. The number of benzene rings is 2. The van der Waals surface area contributed by atoms with Gasteiger partial charge in [0.1, 0.15) is 4.90 Å². The van der Waals surface area contributed by atoms with Crippen molar-refractivity contribution in [2.24, 2.45) is 0 Å². The van der Waals surface area contributed by atoms with E-state index in [1.807, 2.05) is 19.1 Å². The molecular formula is C19H20Cl2N2O4S. The molecule has 0 aliphatic carbocycles. The molecule has 1 heterocycles. The van der Waals surface area contributed by atoms with Crippen LogP contribution in [-0.2, 0) is 14.8 Å². The average Bonchev–Trinajstić information content (AvgIpc) is 2.69. The molecule has 3 rings (SSSR count). The molecule has 1 aliphatic rings. The number of morpholine rings is 1. The minimum atomic E-state index is -3.81. The molecule has 2 aromatic rings. The highest BCUT2D eigenvalue weighted by Gasteiger charge is 2.29. The zero-order chi connectivity index (χ0) is 20.3. The van der Waals surface area contributed by atoms with Crippen LogP contribution in [0.1, 0.15) is 28.9 Å². The first kappa shape index (κ1) is 21.1. The second kappa shape index (κ2) is 8.80. The van der Waals surface area contributed by atoms with E-state index >= 15 is 0 Å². The van der Waals surface area contributed by atoms with Crippen molar-refractivity contribution in [1.82, 2.24) is 9.62 Å². The zero-order valence-electron chi connectivity index (χ0n) is 15.2. The fraction of sp³-hybridized carbons (Fsp3) is 0.316. The Kier molecular flexibility index (Phi) is 6.62. The number of sulfonamides is 1. The van der Waals surface area contributed by atoms with E-state index in [4.69, 9.17) is 27.9 Å². The minimum Gasteiger partial charge on any atom is -0.379 e. The van der Waals surface area contributed by atoms with E-state index in [2.05, 4.69) is 5.32 Å². The van der Waals surface area contributed by atoms with Crippen LogP contribution in [0.4, 0.5) is 0 Å². The van der Waals surface area contributed by atoms with E-state index in [0.29, 0.717) is 18.2 Å². The Labute approximate surface area is 174 Å². The van der Waals surface area contributed by atoms with Crippen molar-refractivity contribution in [3.8, 4) is 0 Å². The smallest absolute Gasteiger partial charge is 0.251 e. The maximum Gasteiger partial charge on any atom is 0.251 e. The van der Waals surface area contributed by atoms with E-state index in [1.54, 1.807) is 12.1 Å². The van der Waals surface area contributed by atoms with Crippen LogP contribution in [0.5, 0.6) is 0 Å². The molecule has 0 aromatic heterocycles. The Bertz CT molecular complexity index is 958. The summed E-state index contributed by atoms with van der Waals surface area (Å²) in [5.74, 6) is -0.391. The summed E-state index contributed by atoms with van der Waals surface area (Å²) in [7, 11) is -3.81. The summed E-state index contributed by atoms with van der Waals surface area (Å²) in [5, 5.41) is 3.54. The predicted molar refractivity (Wildman–Crippen MR) is 108 cm³/mol. The Morgan fingerprint density at radius 3 is 2.39 bits per heavy atom. The number of hydrogen-bond acceptors (Lipinski definition) is 4. The number of carbonyl (C=O) groups excluding carboxylic acids is 1. The number of rotatable bonds is 5. The van der Waals surface area contributed by atoms with Crippen molar-refractivity contribution in [2.45, 2.75) is 17.9 Å². The van der Waals surface area contributed by atoms with Gasteiger partial charge >= 0.3 is 0 Å². The third-order valence-corrected chi connectivity index (χ3v) is 7.13. The van der Waals surface area contributed by atoms with Crippen LogP contribution in [0, 0.1) is 0 Å². The van der Waals surface area contributed by atoms with Crippen molar-refractivity contribution >= 4 is 39.1 Å². The van der Waals surface area contributed by atoms with E-state index in [-0.39, 0.29) is 34.6 Å². The van der Waals surface area contributed by atoms with Crippen molar-refractivity contribution in [2.75, 3.05) is 26.3 Å². The lowest BCUT2D eigenvalue weighted by Gasteiger charge is -2.26. The summed E-state index contributed by atoms with van der Waals surface area (Å²) in [5.41, 5.74) is 1.10. The molecule has 150 valence electrons. The van der Waals surface area contributed by atoms with Crippen LogP contribution in [0.2, 0.25) is 10.0 Å². The third kappa shape index (κ3) is 4.67. The first-order chi connectivity index (χ1) is 13.3. The van der Waals surface area contributed by atoms with Gasteiger partial charge in [0, 0.05) is 23.7 Å². The number of nitrogens with zero attached hydrogens (tertiary/aromatic N) is 1. The quantitative estimate of drug-likeness (QED) is 0.768. The molecule has 2 aromatic carbocycles. The lowest BCUT2D eigenvalue weighted by Crippen LogP contribution is -2.40. The van der Waals surface area contributed by atoms with Gasteiger partial charge in [0.15, 0.2) is 0 Å². The molecule has 1 N–H and O–H groups in total. The first-order valence-electron chi connectivity index (χ1n) is 8.73. The second-order valence-electron chi connectivity index (χ2n) is 6.41. The van der Waals surface area contributed by atoms with Gasteiger partial charge in [-0.3, -0.25) is 4.79 Å². The lowest BCUT2D eigenvalue weighted by atomic mass is 10.1. The monoisotopic (exact) mass is 442 g/mol. The van der Waals surface area contributed by atoms with Crippen LogP contribution < -0.4 is 5.32 Å². The van der Waals surface area contributed by atoms with Crippen LogP contribution in [0.3, 0.4) is 0 Å². The molecule has 0 radical (unpaired) electrons. The minimum absolute atomic E-state index is 0.0776. The van der Waals surface area contributed by atoms with E-state index < -0.39 is 15.9 Å². The molecule has 1 aliphatic heterocycles. The highest BCUT2D eigenvalue weighted by molar-refractivity contribution is 7.89. The van der Waals surface area contributed by atoms with Gasteiger partial charge in [0.25, 0.3) is 5.91 Å². The van der Waals surface area contributed by atoms with Gasteiger partial charge in [-0.2, -0.15) is 4.31 Å². The van der Waals surface area contributed by atoms with Gasteiger partial charge in [-0.1, -0.05) is 35.3 Å². The maximum absolute atomic E-state index is 12.9. The number of halogens is 2. The van der Waals surface area contributed by atoms with Gasteiger partial charge in [-0.25, -0.2) is 8.42 Å². The van der Waals surface area contributed by atoms with E-state index in [9.17, 15) is 13.2 Å². The zero-order valence-corrected chi connectivity index (χ0v) is 17.5. The Hall–Kier alpha value is -1.64. The highest BCUT2D eigenvalue weighted by Crippen LogP contribution is 2.27.